The summed E-state index contributed by atoms with van der Waals surface area (Å²) in [7, 11) is 0. The van der Waals surface area contributed by atoms with Crippen LogP contribution in [-0.4, -0.2) is 38.4 Å². The van der Waals surface area contributed by atoms with Gasteiger partial charge in [0, 0.05) is 38.7 Å². The van der Waals surface area contributed by atoms with Crippen LogP contribution in [0.5, 0.6) is 0 Å². The molecule has 2 saturated heterocycles. The second-order valence-corrected chi connectivity index (χ2v) is 7.28. The molecular formula is C16H29NO3. The highest BCUT2D eigenvalue weighted by molar-refractivity contribution is 5.75. The van der Waals surface area contributed by atoms with Gasteiger partial charge < -0.3 is 14.8 Å². The third-order valence-corrected chi connectivity index (χ3v) is 4.43. The minimum absolute atomic E-state index is 0.146. The van der Waals surface area contributed by atoms with Crippen molar-refractivity contribution >= 4 is 5.91 Å². The van der Waals surface area contributed by atoms with E-state index in [-0.39, 0.29) is 17.4 Å². The number of carbonyl (C=O) groups is 1. The van der Waals surface area contributed by atoms with Gasteiger partial charge in [0.05, 0.1) is 6.10 Å². The van der Waals surface area contributed by atoms with E-state index < -0.39 is 0 Å². The second kappa shape index (κ2) is 6.90. The van der Waals surface area contributed by atoms with Crippen molar-refractivity contribution in [3.63, 3.8) is 0 Å². The molecule has 0 saturated carbocycles. The van der Waals surface area contributed by atoms with E-state index in [2.05, 4.69) is 26.1 Å². The van der Waals surface area contributed by atoms with Crippen LogP contribution in [0.2, 0.25) is 0 Å². The van der Waals surface area contributed by atoms with Gasteiger partial charge in [0.2, 0.25) is 5.91 Å². The summed E-state index contributed by atoms with van der Waals surface area (Å²) in [5.41, 5.74) is 0.146. The summed E-state index contributed by atoms with van der Waals surface area (Å²) >= 11 is 0. The third kappa shape index (κ3) is 4.45. The van der Waals surface area contributed by atoms with E-state index in [1.54, 1.807) is 0 Å². The lowest BCUT2D eigenvalue weighted by atomic mass is 9.81. The number of carbonyl (C=O) groups excluding carboxylic acids is 1. The number of rotatable bonds is 5. The predicted octanol–water partition coefficient (Wildman–Crippen LogP) is 2.37. The second-order valence-electron chi connectivity index (χ2n) is 7.28. The molecule has 1 N–H and O–H groups in total. The van der Waals surface area contributed by atoms with Crippen molar-refractivity contribution in [2.24, 2.45) is 17.3 Å². The molecule has 0 aromatic heterocycles. The lowest BCUT2D eigenvalue weighted by molar-refractivity contribution is -0.121. The highest BCUT2D eigenvalue weighted by atomic mass is 16.5. The molecule has 0 aromatic carbocycles. The molecule has 2 rings (SSSR count). The standard InChI is InChI=1S/C16H29NO3/c1-16(2,3)15-13(7-9-20-15)10-17-14(18)5-4-12-6-8-19-11-12/h12-13,15H,4-11H2,1-3H3,(H,17,18)/t12-,13+,15-/m0/s1. The summed E-state index contributed by atoms with van der Waals surface area (Å²) in [6.45, 7) is 9.88. The quantitative estimate of drug-likeness (QED) is 0.842. The average molecular weight is 283 g/mol. The summed E-state index contributed by atoms with van der Waals surface area (Å²) in [5.74, 6) is 1.21. The van der Waals surface area contributed by atoms with Gasteiger partial charge in [0.15, 0.2) is 0 Å². The fraction of sp³-hybridized carbons (Fsp3) is 0.938. The number of ether oxygens (including phenoxy) is 2. The molecule has 116 valence electrons. The maximum atomic E-state index is 11.9. The summed E-state index contributed by atoms with van der Waals surface area (Å²) in [6, 6.07) is 0. The highest BCUT2D eigenvalue weighted by Gasteiger charge is 2.37. The maximum Gasteiger partial charge on any atom is 0.220 e. The summed E-state index contributed by atoms with van der Waals surface area (Å²) in [5, 5.41) is 3.09. The van der Waals surface area contributed by atoms with Gasteiger partial charge in [-0.15, -0.1) is 0 Å². The first-order valence-corrected chi connectivity index (χ1v) is 7.93. The van der Waals surface area contributed by atoms with E-state index in [0.29, 0.717) is 18.3 Å². The average Bonchev–Trinajstić information content (AvgIpc) is 3.03. The van der Waals surface area contributed by atoms with Crippen LogP contribution >= 0.6 is 0 Å². The van der Waals surface area contributed by atoms with E-state index in [1.165, 1.54) is 0 Å². The normalized spacial score (nSPS) is 30.6. The molecular weight excluding hydrogens is 254 g/mol. The van der Waals surface area contributed by atoms with Gasteiger partial charge in [0.25, 0.3) is 0 Å². The Balaban J connectivity index is 1.67. The predicted molar refractivity (Wildman–Crippen MR) is 78.5 cm³/mol. The van der Waals surface area contributed by atoms with Gasteiger partial charge in [-0.3, -0.25) is 4.79 Å². The lowest BCUT2D eigenvalue weighted by Crippen LogP contribution is -2.38. The van der Waals surface area contributed by atoms with Crippen molar-refractivity contribution in [3.05, 3.63) is 0 Å². The van der Waals surface area contributed by atoms with Crippen molar-refractivity contribution in [1.82, 2.24) is 5.32 Å². The third-order valence-electron chi connectivity index (χ3n) is 4.43. The molecule has 4 heteroatoms. The van der Waals surface area contributed by atoms with E-state index in [4.69, 9.17) is 9.47 Å². The van der Waals surface area contributed by atoms with Crippen LogP contribution in [-0.2, 0) is 14.3 Å². The van der Waals surface area contributed by atoms with Crippen molar-refractivity contribution in [2.45, 2.75) is 52.6 Å². The number of hydrogen-bond donors (Lipinski definition) is 1. The lowest BCUT2D eigenvalue weighted by Gasteiger charge is -2.31. The van der Waals surface area contributed by atoms with Crippen molar-refractivity contribution in [3.8, 4) is 0 Å². The Labute approximate surface area is 122 Å². The molecule has 1 amide bonds. The molecule has 2 aliphatic heterocycles. The summed E-state index contributed by atoms with van der Waals surface area (Å²) in [6.07, 6.45) is 4.00. The molecule has 0 aliphatic carbocycles. The minimum Gasteiger partial charge on any atom is -0.381 e. The Morgan fingerprint density at radius 1 is 1.25 bits per heavy atom. The fourth-order valence-electron chi connectivity index (χ4n) is 3.28. The first-order chi connectivity index (χ1) is 9.47. The molecule has 0 radical (unpaired) electrons. The van der Waals surface area contributed by atoms with Crippen molar-refractivity contribution in [1.29, 1.82) is 0 Å². The van der Waals surface area contributed by atoms with Crippen molar-refractivity contribution in [2.75, 3.05) is 26.4 Å². The van der Waals surface area contributed by atoms with E-state index in [9.17, 15) is 4.79 Å². The largest absolute Gasteiger partial charge is 0.381 e. The Kier molecular flexibility index (Phi) is 5.44. The summed E-state index contributed by atoms with van der Waals surface area (Å²) < 4.78 is 11.2. The van der Waals surface area contributed by atoms with Gasteiger partial charge in [-0.1, -0.05) is 20.8 Å². The molecule has 0 aromatic rings. The van der Waals surface area contributed by atoms with E-state index in [1.807, 2.05) is 0 Å². The Morgan fingerprint density at radius 3 is 2.70 bits per heavy atom. The molecule has 0 unspecified atom stereocenters. The summed E-state index contributed by atoms with van der Waals surface area (Å²) in [4.78, 5) is 11.9. The topological polar surface area (TPSA) is 47.6 Å². The zero-order valence-electron chi connectivity index (χ0n) is 13.1. The van der Waals surface area contributed by atoms with Gasteiger partial charge >= 0.3 is 0 Å². The maximum absolute atomic E-state index is 11.9. The van der Waals surface area contributed by atoms with Crippen LogP contribution in [0.1, 0.15) is 46.5 Å². The Bertz CT molecular complexity index is 318. The first kappa shape index (κ1) is 15.8. The molecule has 0 bridgehead atoms. The number of hydrogen-bond acceptors (Lipinski definition) is 3. The molecule has 4 nitrogen and oxygen atoms in total. The SMILES string of the molecule is CC(C)(C)[C@H]1OCC[C@@H]1CNC(=O)CC[C@H]1CCOC1. The van der Waals surface area contributed by atoms with Gasteiger partial charge in [0.1, 0.15) is 0 Å². The monoisotopic (exact) mass is 283 g/mol. The Morgan fingerprint density at radius 2 is 2.05 bits per heavy atom. The fourth-order valence-corrected chi connectivity index (χ4v) is 3.28. The number of amides is 1. The molecule has 2 heterocycles. The van der Waals surface area contributed by atoms with E-state index >= 15 is 0 Å². The smallest absolute Gasteiger partial charge is 0.220 e. The molecule has 3 atom stereocenters. The van der Waals surface area contributed by atoms with Gasteiger partial charge in [-0.25, -0.2) is 0 Å². The number of nitrogens with one attached hydrogen (secondary N) is 1. The van der Waals surface area contributed by atoms with Crippen LogP contribution < -0.4 is 5.32 Å². The molecule has 2 fully saturated rings. The zero-order chi connectivity index (χ0) is 14.6. The van der Waals surface area contributed by atoms with Crippen molar-refractivity contribution < 1.29 is 14.3 Å². The van der Waals surface area contributed by atoms with Crippen LogP contribution in [0.4, 0.5) is 0 Å². The van der Waals surface area contributed by atoms with Crippen LogP contribution in [0.3, 0.4) is 0 Å². The van der Waals surface area contributed by atoms with Crippen LogP contribution in [0.15, 0.2) is 0 Å². The highest BCUT2D eigenvalue weighted by Crippen LogP contribution is 2.34. The Hall–Kier alpha value is -0.610. The van der Waals surface area contributed by atoms with Gasteiger partial charge in [-0.2, -0.15) is 0 Å². The molecule has 20 heavy (non-hydrogen) atoms. The first-order valence-electron chi connectivity index (χ1n) is 7.93. The van der Waals surface area contributed by atoms with Crippen LogP contribution in [0.25, 0.3) is 0 Å². The molecule has 0 spiro atoms. The van der Waals surface area contributed by atoms with Crippen LogP contribution in [0, 0.1) is 17.3 Å². The minimum atomic E-state index is 0.146. The zero-order valence-corrected chi connectivity index (χ0v) is 13.1. The van der Waals surface area contributed by atoms with Gasteiger partial charge in [-0.05, 0) is 30.6 Å². The molecule has 2 aliphatic rings. The van der Waals surface area contributed by atoms with E-state index in [0.717, 1.165) is 45.6 Å².